The number of hydrogen-bond acceptors (Lipinski definition) is 4. The molecule has 0 saturated carbocycles. The number of nitrogens with zero attached hydrogens (tertiary/aromatic N) is 1. The summed E-state index contributed by atoms with van der Waals surface area (Å²) in [6, 6.07) is 0. The van der Waals surface area contributed by atoms with Crippen molar-refractivity contribution in [3.63, 3.8) is 0 Å². The van der Waals surface area contributed by atoms with Crippen LogP contribution in [0.1, 0.15) is 19.8 Å². The van der Waals surface area contributed by atoms with Crippen molar-refractivity contribution in [3.05, 3.63) is 0 Å². The van der Waals surface area contributed by atoms with Gasteiger partial charge in [0.1, 0.15) is 9.84 Å². The van der Waals surface area contributed by atoms with Crippen LogP contribution in [0.3, 0.4) is 0 Å². The van der Waals surface area contributed by atoms with Gasteiger partial charge in [-0.2, -0.15) is 0 Å². The molecule has 4 nitrogen and oxygen atoms in total. The first-order valence-corrected chi connectivity index (χ1v) is 8.08. The van der Waals surface area contributed by atoms with E-state index in [2.05, 4.69) is 11.8 Å². The first-order chi connectivity index (χ1) is 7.42. The molecule has 1 fully saturated rings. The van der Waals surface area contributed by atoms with Gasteiger partial charge in [-0.15, -0.1) is 0 Å². The summed E-state index contributed by atoms with van der Waals surface area (Å²) >= 11 is 0. The van der Waals surface area contributed by atoms with E-state index in [-0.39, 0.29) is 0 Å². The maximum Gasteiger partial charge on any atom is 0.147 e. The summed E-state index contributed by atoms with van der Waals surface area (Å²) < 4.78 is 22.0. The Morgan fingerprint density at radius 1 is 1.44 bits per heavy atom. The van der Waals surface area contributed by atoms with Gasteiger partial charge in [-0.25, -0.2) is 8.42 Å². The lowest BCUT2D eigenvalue weighted by molar-refractivity contribution is 0.133. The maximum absolute atomic E-state index is 11.0. The van der Waals surface area contributed by atoms with Gasteiger partial charge in [0.25, 0.3) is 0 Å². The van der Waals surface area contributed by atoms with Crippen LogP contribution in [-0.4, -0.2) is 51.5 Å². The zero-order valence-corrected chi connectivity index (χ0v) is 11.2. The number of hydrogen-bond donors (Lipinski definition) is 1. The minimum Gasteiger partial charge on any atom is -0.330 e. The number of likely N-dealkylation sites (tertiary alicyclic amines) is 1. The molecule has 0 spiro atoms. The maximum atomic E-state index is 11.0. The Kier molecular flexibility index (Phi) is 5.21. The highest BCUT2D eigenvalue weighted by Crippen LogP contribution is 2.22. The van der Waals surface area contributed by atoms with Crippen molar-refractivity contribution in [2.24, 2.45) is 17.6 Å². The molecule has 0 aliphatic carbocycles. The van der Waals surface area contributed by atoms with Crippen LogP contribution >= 0.6 is 0 Å². The molecule has 5 heteroatoms. The Labute approximate surface area is 99.1 Å². The zero-order valence-electron chi connectivity index (χ0n) is 10.4. The van der Waals surface area contributed by atoms with Crippen LogP contribution in [0.15, 0.2) is 0 Å². The Morgan fingerprint density at radius 2 is 2.12 bits per heavy atom. The normalized spacial score (nSPS) is 28.2. The van der Waals surface area contributed by atoms with Crippen LogP contribution in [-0.2, 0) is 9.84 Å². The fourth-order valence-electron chi connectivity index (χ4n) is 2.29. The molecular formula is C11H24N2O2S. The number of sulfone groups is 1. The van der Waals surface area contributed by atoms with E-state index >= 15 is 0 Å². The molecule has 16 heavy (non-hydrogen) atoms. The van der Waals surface area contributed by atoms with Gasteiger partial charge in [-0.1, -0.05) is 6.92 Å². The van der Waals surface area contributed by atoms with Crippen molar-refractivity contribution in [2.75, 3.05) is 38.2 Å². The SMILES string of the molecule is CC1CCN(CCCS(C)(=O)=O)CC1CN. The quantitative estimate of drug-likeness (QED) is 0.762. The molecule has 0 radical (unpaired) electrons. The van der Waals surface area contributed by atoms with Gasteiger partial charge in [0.2, 0.25) is 0 Å². The molecule has 1 rings (SSSR count). The van der Waals surface area contributed by atoms with E-state index in [9.17, 15) is 8.42 Å². The Morgan fingerprint density at radius 3 is 2.69 bits per heavy atom. The monoisotopic (exact) mass is 248 g/mol. The topological polar surface area (TPSA) is 63.4 Å². The van der Waals surface area contributed by atoms with E-state index in [0.717, 1.165) is 32.6 Å². The van der Waals surface area contributed by atoms with Crippen molar-refractivity contribution in [1.82, 2.24) is 4.90 Å². The third-order valence-corrected chi connectivity index (χ3v) is 4.52. The molecule has 0 aromatic carbocycles. The van der Waals surface area contributed by atoms with Crippen LogP contribution in [0.2, 0.25) is 0 Å². The Hall–Kier alpha value is -0.130. The summed E-state index contributed by atoms with van der Waals surface area (Å²) in [6.45, 7) is 5.99. The zero-order chi connectivity index (χ0) is 12.2. The summed E-state index contributed by atoms with van der Waals surface area (Å²) in [5.74, 6) is 1.58. The lowest BCUT2D eigenvalue weighted by Gasteiger charge is -2.36. The number of piperidine rings is 1. The van der Waals surface area contributed by atoms with Crippen molar-refractivity contribution < 1.29 is 8.42 Å². The van der Waals surface area contributed by atoms with E-state index in [1.807, 2.05) is 0 Å². The van der Waals surface area contributed by atoms with Crippen LogP contribution in [0.5, 0.6) is 0 Å². The molecule has 2 N–H and O–H groups in total. The molecule has 0 aromatic heterocycles. The Bertz CT molecular complexity index is 303. The predicted octanol–water partition coefficient (Wildman–Crippen LogP) is 0.338. The third-order valence-electron chi connectivity index (χ3n) is 3.49. The fourth-order valence-corrected chi connectivity index (χ4v) is 2.94. The Balaban J connectivity index is 2.28. The highest BCUT2D eigenvalue weighted by molar-refractivity contribution is 7.90. The van der Waals surface area contributed by atoms with Crippen molar-refractivity contribution in [2.45, 2.75) is 19.8 Å². The molecule has 0 aromatic rings. The minimum absolute atomic E-state index is 0.298. The highest BCUT2D eigenvalue weighted by atomic mass is 32.2. The lowest BCUT2D eigenvalue weighted by atomic mass is 9.87. The molecule has 1 aliphatic heterocycles. The smallest absolute Gasteiger partial charge is 0.147 e. The summed E-state index contributed by atoms with van der Waals surface area (Å²) in [6.07, 6.45) is 3.22. The van der Waals surface area contributed by atoms with Crippen LogP contribution < -0.4 is 5.73 Å². The van der Waals surface area contributed by atoms with E-state index < -0.39 is 9.84 Å². The van der Waals surface area contributed by atoms with E-state index in [0.29, 0.717) is 17.6 Å². The van der Waals surface area contributed by atoms with Gasteiger partial charge in [0, 0.05) is 12.8 Å². The standard InChI is InChI=1S/C11H24N2O2S/c1-10-4-6-13(9-11(10)8-12)5-3-7-16(2,14)15/h10-11H,3-9,12H2,1-2H3. The summed E-state index contributed by atoms with van der Waals surface area (Å²) in [5, 5.41) is 0. The minimum atomic E-state index is -2.81. The van der Waals surface area contributed by atoms with Gasteiger partial charge in [0.15, 0.2) is 0 Å². The van der Waals surface area contributed by atoms with Gasteiger partial charge in [-0.05, 0) is 44.3 Å². The summed E-state index contributed by atoms with van der Waals surface area (Å²) in [7, 11) is -2.81. The van der Waals surface area contributed by atoms with Crippen LogP contribution in [0.4, 0.5) is 0 Å². The second kappa shape index (κ2) is 5.98. The van der Waals surface area contributed by atoms with Gasteiger partial charge in [0.05, 0.1) is 5.75 Å². The van der Waals surface area contributed by atoms with E-state index in [1.165, 1.54) is 12.7 Å². The summed E-state index contributed by atoms with van der Waals surface area (Å²) in [5.41, 5.74) is 5.73. The average Bonchev–Trinajstić information content (AvgIpc) is 2.18. The molecule has 2 unspecified atom stereocenters. The van der Waals surface area contributed by atoms with Gasteiger partial charge >= 0.3 is 0 Å². The molecule has 0 bridgehead atoms. The lowest BCUT2D eigenvalue weighted by Crippen LogP contribution is -2.43. The molecule has 0 amide bonds. The first kappa shape index (κ1) is 13.9. The number of rotatable bonds is 5. The van der Waals surface area contributed by atoms with E-state index in [4.69, 9.17) is 5.73 Å². The first-order valence-electron chi connectivity index (χ1n) is 6.02. The van der Waals surface area contributed by atoms with Crippen LogP contribution in [0.25, 0.3) is 0 Å². The largest absolute Gasteiger partial charge is 0.330 e. The number of nitrogens with two attached hydrogens (primary N) is 1. The van der Waals surface area contributed by atoms with Crippen molar-refractivity contribution in [1.29, 1.82) is 0 Å². The third kappa shape index (κ3) is 4.80. The second-order valence-electron chi connectivity index (χ2n) is 5.05. The predicted molar refractivity (Wildman–Crippen MR) is 67.1 cm³/mol. The molecule has 96 valence electrons. The van der Waals surface area contributed by atoms with Gasteiger partial charge in [-0.3, -0.25) is 0 Å². The highest BCUT2D eigenvalue weighted by Gasteiger charge is 2.24. The summed E-state index contributed by atoms with van der Waals surface area (Å²) in [4.78, 5) is 2.35. The molecule has 1 aliphatic rings. The van der Waals surface area contributed by atoms with Crippen molar-refractivity contribution >= 4 is 9.84 Å². The van der Waals surface area contributed by atoms with Crippen molar-refractivity contribution in [3.8, 4) is 0 Å². The molecule has 1 heterocycles. The van der Waals surface area contributed by atoms with Gasteiger partial charge < -0.3 is 10.6 Å². The van der Waals surface area contributed by atoms with Crippen LogP contribution in [0, 0.1) is 11.8 Å². The molecular weight excluding hydrogens is 224 g/mol. The molecule has 2 atom stereocenters. The average molecular weight is 248 g/mol. The molecule has 1 saturated heterocycles. The second-order valence-corrected chi connectivity index (χ2v) is 7.31. The fraction of sp³-hybridized carbons (Fsp3) is 1.00. The van der Waals surface area contributed by atoms with E-state index in [1.54, 1.807) is 0 Å².